The van der Waals surface area contributed by atoms with Crippen LogP contribution in [0.25, 0.3) is 11.0 Å². The fourth-order valence-electron chi connectivity index (χ4n) is 3.56. The molecule has 0 saturated carbocycles. The predicted molar refractivity (Wildman–Crippen MR) is 112 cm³/mol. The molecule has 0 bridgehead atoms. The van der Waals surface area contributed by atoms with E-state index in [-0.39, 0.29) is 17.9 Å². The van der Waals surface area contributed by atoms with E-state index in [2.05, 4.69) is 10.3 Å². The molecule has 2 N–H and O–H groups in total. The fraction of sp³-hybridized carbons (Fsp3) is 0.167. The van der Waals surface area contributed by atoms with Crippen LogP contribution in [-0.2, 0) is 4.79 Å². The summed E-state index contributed by atoms with van der Waals surface area (Å²) in [5, 5.41) is 3.23. The van der Waals surface area contributed by atoms with Crippen molar-refractivity contribution < 1.29 is 4.79 Å². The van der Waals surface area contributed by atoms with Crippen molar-refractivity contribution in [2.75, 3.05) is 0 Å². The molecule has 1 amide bonds. The van der Waals surface area contributed by atoms with Gasteiger partial charge in [0.05, 0.1) is 17.0 Å². The summed E-state index contributed by atoms with van der Waals surface area (Å²) in [7, 11) is 0. The number of fused-ring (bicyclic) bond motifs is 1. The SMILES string of the molecule is CCC(C(=O)NC(c1ccccc1)c1nc2ccccc2[nH]1)c1ccccc1. The molecular weight excluding hydrogens is 346 g/mol. The van der Waals surface area contributed by atoms with Crippen molar-refractivity contribution in [1.29, 1.82) is 0 Å². The van der Waals surface area contributed by atoms with Gasteiger partial charge in [-0.2, -0.15) is 0 Å². The highest BCUT2D eigenvalue weighted by atomic mass is 16.1. The first-order chi connectivity index (χ1) is 13.8. The van der Waals surface area contributed by atoms with Crippen LogP contribution in [0.2, 0.25) is 0 Å². The average Bonchev–Trinajstić information content (AvgIpc) is 3.18. The number of para-hydroxylation sites is 2. The van der Waals surface area contributed by atoms with Gasteiger partial charge in [0.25, 0.3) is 0 Å². The molecule has 0 aliphatic heterocycles. The van der Waals surface area contributed by atoms with Crippen LogP contribution in [0.15, 0.2) is 84.9 Å². The molecule has 1 heterocycles. The van der Waals surface area contributed by atoms with E-state index in [9.17, 15) is 4.79 Å². The highest BCUT2D eigenvalue weighted by Gasteiger charge is 2.25. The number of aromatic nitrogens is 2. The molecule has 140 valence electrons. The van der Waals surface area contributed by atoms with Gasteiger partial charge in [0.15, 0.2) is 0 Å². The molecule has 0 saturated heterocycles. The van der Waals surface area contributed by atoms with Crippen LogP contribution in [0, 0.1) is 0 Å². The lowest BCUT2D eigenvalue weighted by Gasteiger charge is -2.21. The molecule has 3 aromatic carbocycles. The second kappa shape index (κ2) is 8.09. The third kappa shape index (κ3) is 3.67. The van der Waals surface area contributed by atoms with E-state index < -0.39 is 0 Å². The number of nitrogens with zero attached hydrogens (tertiary/aromatic N) is 1. The van der Waals surface area contributed by atoms with Gasteiger partial charge in [-0.25, -0.2) is 4.98 Å². The van der Waals surface area contributed by atoms with Crippen LogP contribution >= 0.6 is 0 Å². The summed E-state index contributed by atoms with van der Waals surface area (Å²) < 4.78 is 0. The Kier molecular flexibility index (Phi) is 5.20. The number of hydrogen-bond acceptors (Lipinski definition) is 2. The van der Waals surface area contributed by atoms with Gasteiger partial charge in [0.2, 0.25) is 5.91 Å². The van der Waals surface area contributed by atoms with E-state index in [1.54, 1.807) is 0 Å². The monoisotopic (exact) mass is 369 g/mol. The highest BCUT2D eigenvalue weighted by Crippen LogP contribution is 2.25. The molecular formula is C24H23N3O. The van der Waals surface area contributed by atoms with Crippen molar-refractivity contribution in [3.8, 4) is 0 Å². The normalized spacial score (nSPS) is 13.2. The Hall–Kier alpha value is -3.40. The summed E-state index contributed by atoms with van der Waals surface area (Å²) in [4.78, 5) is 21.3. The largest absolute Gasteiger partial charge is 0.342 e. The molecule has 4 nitrogen and oxygen atoms in total. The third-order valence-electron chi connectivity index (χ3n) is 5.03. The number of imidazole rings is 1. The number of amides is 1. The van der Waals surface area contributed by atoms with Gasteiger partial charge in [-0.1, -0.05) is 79.7 Å². The van der Waals surface area contributed by atoms with Crippen LogP contribution in [0.3, 0.4) is 0 Å². The number of benzene rings is 3. The molecule has 4 rings (SSSR count). The van der Waals surface area contributed by atoms with Crippen LogP contribution in [0.4, 0.5) is 0 Å². The van der Waals surface area contributed by atoms with Crippen LogP contribution in [-0.4, -0.2) is 15.9 Å². The third-order valence-corrected chi connectivity index (χ3v) is 5.03. The van der Waals surface area contributed by atoms with Gasteiger partial charge in [-0.05, 0) is 29.7 Å². The first kappa shape index (κ1) is 18.0. The van der Waals surface area contributed by atoms with Crippen molar-refractivity contribution in [2.24, 2.45) is 0 Å². The number of H-pyrrole nitrogens is 1. The van der Waals surface area contributed by atoms with Gasteiger partial charge in [0, 0.05) is 0 Å². The summed E-state index contributed by atoms with van der Waals surface area (Å²) >= 11 is 0. The Balaban J connectivity index is 1.69. The maximum atomic E-state index is 13.2. The maximum Gasteiger partial charge on any atom is 0.228 e. The predicted octanol–water partition coefficient (Wildman–Crippen LogP) is 4.96. The Labute approximate surface area is 164 Å². The molecule has 0 aliphatic rings. The molecule has 4 aromatic rings. The lowest BCUT2D eigenvalue weighted by atomic mass is 9.94. The lowest BCUT2D eigenvalue weighted by Crippen LogP contribution is -2.34. The zero-order valence-electron chi connectivity index (χ0n) is 15.8. The molecule has 2 unspecified atom stereocenters. The molecule has 2 atom stereocenters. The molecule has 4 heteroatoms. The zero-order chi connectivity index (χ0) is 19.3. The minimum Gasteiger partial charge on any atom is -0.342 e. The number of hydrogen-bond donors (Lipinski definition) is 2. The molecule has 0 fully saturated rings. The van der Waals surface area contributed by atoms with Crippen molar-refractivity contribution in [2.45, 2.75) is 25.3 Å². The number of carbonyl (C=O) groups excluding carboxylic acids is 1. The van der Waals surface area contributed by atoms with Crippen LogP contribution in [0.5, 0.6) is 0 Å². The summed E-state index contributed by atoms with van der Waals surface area (Å²) in [6.07, 6.45) is 0.734. The van der Waals surface area contributed by atoms with E-state index in [4.69, 9.17) is 4.98 Å². The Morgan fingerprint density at radius 2 is 1.50 bits per heavy atom. The van der Waals surface area contributed by atoms with Gasteiger partial charge < -0.3 is 10.3 Å². The Morgan fingerprint density at radius 1 is 0.893 bits per heavy atom. The van der Waals surface area contributed by atoms with Crippen molar-refractivity contribution in [3.05, 3.63) is 102 Å². The van der Waals surface area contributed by atoms with Gasteiger partial charge in [-0.15, -0.1) is 0 Å². The summed E-state index contributed by atoms with van der Waals surface area (Å²) in [6, 6.07) is 27.5. The van der Waals surface area contributed by atoms with E-state index in [0.717, 1.165) is 34.4 Å². The second-order valence-corrected chi connectivity index (χ2v) is 6.86. The fourth-order valence-corrected chi connectivity index (χ4v) is 3.56. The Morgan fingerprint density at radius 3 is 2.14 bits per heavy atom. The lowest BCUT2D eigenvalue weighted by molar-refractivity contribution is -0.123. The van der Waals surface area contributed by atoms with E-state index in [1.165, 1.54) is 0 Å². The minimum atomic E-state index is -0.334. The van der Waals surface area contributed by atoms with Crippen LogP contribution < -0.4 is 5.32 Å². The molecule has 0 spiro atoms. The quantitative estimate of drug-likeness (QED) is 0.504. The van der Waals surface area contributed by atoms with Gasteiger partial charge >= 0.3 is 0 Å². The number of nitrogens with one attached hydrogen (secondary N) is 2. The number of carbonyl (C=O) groups is 1. The van der Waals surface area contributed by atoms with E-state index in [1.807, 2.05) is 91.9 Å². The van der Waals surface area contributed by atoms with Crippen molar-refractivity contribution >= 4 is 16.9 Å². The zero-order valence-corrected chi connectivity index (χ0v) is 15.8. The summed E-state index contributed by atoms with van der Waals surface area (Å²) in [5.41, 5.74) is 3.88. The second-order valence-electron chi connectivity index (χ2n) is 6.86. The van der Waals surface area contributed by atoms with E-state index >= 15 is 0 Å². The summed E-state index contributed by atoms with van der Waals surface area (Å²) in [6.45, 7) is 2.04. The maximum absolute atomic E-state index is 13.2. The minimum absolute atomic E-state index is 0.00279. The molecule has 28 heavy (non-hydrogen) atoms. The summed E-state index contributed by atoms with van der Waals surface area (Å²) in [5.74, 6) is 0.545. The average molecular weight is 369 g/mol. The van der Waals surface area contributed by atoms with Crippen molar-refractivity contribution in [3.63, 3.8) is 0 Å². The first-order valence-corrected chi connectivity index (χ1v) is 9.61. The van der Waals surface area contributed by atoms with Crippen molar-refractivity contribution in [1.82, 2.24) is 15.3 Å². The van der Waals surface area contributed by atoms with E-state index in [0.29, 0.717) is 0 Å². The van der Waals surface area contributed by atoms with Crippen LogP contribution in [0.1, 0.15) is 42.3 Å². The molecule has 0 aliphatic carbocycles. The van der Waals surface area contributed by atoms with Gasteiger partial charge in [-0.3, -0.25) is 4.79 Å². The number of aromatic amines is 1. The first-order valence-electron chi connectivity index (χ1n) is 9.61. The highest BCUT2D eigenvalue weighted by molar-refractivity contribution is 5.84. The molecule has 0 radical (unpaired) electrons. The molecule has 1 aromatic heterocycles. The standard InChI is InChI=1S/C24H23N3O/c1-2-19(17-11-5-3-6-12-17)24(28)27-22(18-13-7-4-8-14-18)23-25-20-15-9-10-16-21(20)26-23/h3-16,19,22H,2H2,1H3,(H,25,26)(H,27,28). The van der Waals surface area contributed by atoms with Gasteiger partial charge in [0.1, 0.15) is 11.9 Å². The number of rotatable bonds is 6. The smallest absolute Gasteiger partial charge is 0.228 e. The topological polar surface area (TPSA) is 57.8 Å². The Bertz CT molecular complexity index is 1020.